The maximum atomic E-state index is 12.5. The van der Waals surface area contributed by atoms with Gasteiger partial charge in [-0.1, -0.05) is 41.9 Å². The van der Waals surface area contributed by atoms with Gasteiger partial charge in [0.2, 0.25) is 10.0 Å². The molecule has 1 heterocycles. The Morgan fingerprint density at radius 1 is 1.20 bits per heavy atom. The minimum Gasteiger partial charge on any atom is -0.495 e. The third kappa shape index (κ3) is 6.06. The van der Waals surface area contributed by atoms with E-state index in [1.807, 2.05) is 30.3 Å². The third-order valence-corrected chi connectivity index (χ3v) is 6.73. The van der Waals surface area contributed by atoms with Gasteiger partial charge in [-0.2, -0.15) is 4.31 Å². The Bertz CT molecular complexity index is 1000. The maximum Gasteiger partial charge on any atom is 0.279 e. The number of nitrogens with one attached hydrogen (secondary N) is 2. The number of carbonyl (C=O) groups excluding carboxylic acids is 1. The molecule has 0 spiro atoms. The zero-order valence-electron chi connectivity index (χ0n) is 16.7. The summed E-state index contributed by atoms with van der Waals surface area (Å²) in [4.78, 5) is 13.4. The van der Waals surface area contributed by atoms with Crippen molar-refractivity contribution in [1.29, 1.82) is 0 Å². The van der Waals surface area contributed by atoms with Gasteiger partial charge in [-0.3, -0.25) is 4.79 Å². The van der Waals surface area contributed by atoms with E-state index in [0.717, 1.165) is 10.5 Å². The van der Waals surface area contributed by atoms with Crippen LogP contribution in [-0.2, 0) is 14.8 Å². The molecule has 2 aromatic carbocycles. The molecule has 0 unspecified atom stereocenters. The van der Waals surface area contributed by atoms with Crippen LogP contribution in [0.2, 0.25) is 5.02 Å². The Kier molecular flexibility index (Phi) is 7.49. The summed E-state index contributed by atoms with van der Waals surface area (Å²) in [5.74, 6) is 0.394. The molecule has 3 rings (SSSR count). The SMILES string of the molecule is COc1ccc(NC(=O)C[NH+]2CCN(S(=O)(=O)/C=C/c3ccccc3)CC2)cc1Cl. The van der Waals surface area contributed by atoms with E-state index in [4.69, 9.17) is 16.3 Å². The fraction of sp³-hybridized carbons (Fsp3) is 0.286. The van der Waals surface area contributed by atoms with Crippen LogP contribution in [0.5, 0.6) is 5.75 Å². The molecule has 1 aliphatic heterocycles. The predicted molar refractivity (Wildman–Crippen MR) is 118 cm³/mol. The number of nitrogens with zero attached hydrogens (tertiary/aromatic N) is 1. The molecule has 160 valence electrons. The van der Waals surface area contributed by atoms with Gasteiger partial charge in [-0.05, 0) is 29.8 Å². The van der Waals surface area contributed by atoms with Crippen LogP contribution in [0.3, 0.4) is 0 Å². The van der Waals surface area contributed by atoms with Crippen molar-refractivity contribution in [3.63, 3.8) is 0 Å². The van der Waals surface area contributed by atoms with Crippen molar-refractivity contribution in [2.45, 2.75) is 0 Å². The van der Waals surface area contributed by atoms with Gasteiger partial charge in [0.05, 0.1) is 38.3 Å². The summed E-state index contributed by atoms with van der Waals surface area (Å²) in [6, 6.07) is 14.4. The number of quaternary nitrogens is 1. The van der Waals surface area contributed by atoms with Gasteiger partial charge in [0.1, 0.15) is 5.75 Å². The van der Waals surface area contributed by atoms with E-state index in [2.05, 4.69) is 5.32 Å². The second-order valence-electron chi connectivity index (χ2n) is 6.98. The molecule has 0 aliphatic carbocycles. The highest BCUT2D eigenvalue weighted by Crippen LogP contribution is 2.27. The number of rotatable bonds is 7. The molecule has 1 saturated heterocycles. The van der Waals surface area contributed by atoms with Crippen LogP contribution in [0.25, 0.3) is 6.08 Å². The maximum absolute atomic E-state index is 12.5. The molecule has 30 heavy (non-hydrogen) atoms. The van der Waals surface area contributed by atoms with Crippen LogP contribution in [0.1, 0.15) is 5.56 Å². The molecule has 0 atom stereocenters. The lowest BCUT2D eigenvalue weighted by molar-refractivity contribution is -0.895. The predicted octanol–water partition coefficient (Wildman–Crippen LogP) is 1.49. The van der Waals surface area contributed by atoms with Gasteiger partial charge < -0.3 is 15.0 Å². The average Bonchev–Trinajstić information content (AvgIpc) is 2.73. The van der Waals surface area contributed by atoms with Crippen molar-refractivity contribution in [3.05, 3.63) is 64.5 Å². The quantitative estimate of drug-likeness (QED) is 0.669. The van der Waals surface area contributed by atoms with Crippen molar-refractivity contribution in [1.82, 2.24) is 4.31 Å². The van der Waals surface area contributed by atoms with Crippen LogP contribution in [0, 0.1) is 0 Å². The Labute approximate surface area is 181 Å². The summed E-state index contributed by atoms with van der Waals surface area (Å²) in [6.07, 6.45) is 1.60. The number of benzene rings is 2. The molecule has 2 N–H and O–H groups in total. The zero-order chi connectivity index (χ0) is 21.6. The van der Waals surface area contributed by atoms with Crippen LogP contribution >= 0.6 is 11.6 Å². The number of amides is 1. The first kappa shape index (κ1) is 22.3. The van der Waals surface area contributed by atoms with Crippen molar-refractivity contribution in [2.75, 3.05) is 45.2 Å². The van der Waals surface area contributed by atoms with Gasteiger partial charge >= 0.3 is 0 Å². The van der Waals surface area contributed by atoms with Gasteiger partial charge in [0.15, 0.2) is 6.54 Å². The van der Waals surface area contributed by atoms with E-state index >= 15 is 0 Å². The van der Waals surface area contributed by atoms with Crippen molar-refractivity contribution in [2.24, 2.45) is 0 Å². The molecule has 7 nitrogen and oxygen atoms in total. The highest BCUT2D eigenvalue weighted by molar-refractivity contribution is 7.92. The fourth-order valence-corrected chi connectivity index (χ4v) is 4.68. The first-order chi connectivity index (χ1) is 14.4. The molecule has 0 bridgehead atoms. The average molecular weight is 451 g/mol. The number of ether oxygens (including phenoxy) is 1. The number of hydrogen-bond donors (Lipinski definition) is 2. The Morgan fingerprint density at radius 3 is 2.53 bits per heavy atom. The molecular formula is C21H25ClN3O4S+. The fourth-order valence-electron chi connectivity index (χ4n) is 3.22. The summed E-state index contributed by atoms with van der Waals surface area (Å²) in [6.45, 7) is 2.14. The normalized spacial score (nSPS) is 15.9. The largest absolute Gasteiger partial charge is 0.495 e. The monoisotopic (exact) mass is 450 g/mol. The number of carbonyl (C=O) groups is 1. The number of halogens is 1. The topological polar surface area (TPSA) is 80.2 Å². The summed E-state index contributed by atoms with van der Waals surface area (Å²) in [7, 11) is -1.95. The second kappa shape index (κ2) is 10.1. The highest BCUT2D eigenvalue weighted by atomic mass is 35.5. The second-order valence-corrected chi connectivity index (χ2v) is 9.21. The van der Waals surface area contributed by atoms with E-state index in [-0.39, 0.29) is 12.5 Å². The summed E-state index contributed by atoms with van der Waals surface area (Å²) in [5, 5.41) is 4.48. The Morgan fingerprint density at radius 2 is 1.90 bits per heavy atom. The molecule has 1 aliphatic rings. The van der Waals surface area contributed by atoms with Crippen molar-refractivity contribution < 1.29 is 22.8 Å². The van der Waals surface area contributed by atoms with Crippen LogP contribution < -0.4 is 15.0 Å². The summed E-state index contributed by atoms with van der Waals surface area (Å²) in [5.41, 5.74) is 1.43. The highest BCUT2D eigenvalue weighted by Gasteiger charge is 2.28. The first-order valence-corrected chi connectivity index (χ1v) is 11.5. The third-order valence-electron chi connectivity index (χ3n) is 4.87. The molecule has 1 amide bonds. The van der Waals surface area contributed by atoms with Crippen LogP contribution in [0.4, 0.5) is 5.69 Å². The molecular weight excluding hydrogens is 426 g/mol. The van der Waals surface area contributed by atoms with Gasteiger partial charge in [0.25, 0.3) is 5.91 Å². The minimum atomic E-state index is -3.48. The molecule has 0 aromatic heterocycles. The van der Waals surface area contributed by atoms with E-state index in [0.29, 0.717) is 42.6 Å². The number of anilines is 1. The van der Waals surface area contributed by atoms with Crippen LogP contribution in [0.15, 0.2) is 53.9 Å². The smallest absolute Gasteiger partial charge is 0.279 e. The lowest BCUT2D eigenvalue weighted by Crippen LogP contribution is -3.15. The molecule has 9 heteroatoms. The summed E-state index contributed by atoms with van der Waals surface area (Å²) >= 11 is 6.08. The van der Waals surface area contributed by atoms with Gasteiger partial charge in [0, 0.05) is 11.1 Å². The van der Waals surface area contributed by atoms with E-state index < -0.39 is 10.0 Å². The van der Waals surface area contributed by atoms with E-state index in [1.54, 1.807) is 24.3 Å². The lowest BCUT2D eigenvalue weighted by Gasteiger charge is -2.30. The van der Waals surface area contributed by atoms with E-state index in [9.17, 15) is 13.2 Å². The number of sulfonamides is 1. The Hall–Kier alpha value is -2.39. The number of hydrogen-bond acceptors (Lipinski definition) is 4. The molecule has 2 aromatic rings. The Balaban J connectivity index is 1.49. The van der Waals surface area contributed by atoms with Crippen molar-refractivity contribution in [3.8, 4) is 5.75 Å². The standard InChI is InChI=1S/C21H24ClN3O4S/c1-29-20-8-7-18(15-19(20)22)23-21(26)16-24-10-12-25(13-11-24)30(27,28)14-9-17-5-3-2-4-6-17/h2-9,14-15H,10-13,16H2,1H3,(H,23,26)/p+1/b14-9+. The molecule has 1 fully saturated rings. The first-order valence-electron chi connectivity index (χ1n) is 9.57. The number of piperazine rings is 1. The van der Waals surface area contributed by atoms with Crippen molar-refractivity contribution >= 4 is 39.3 Å². The van der Waals surface area contributed by atoms with Crippen LogP contribution in [-0.4, -0.2) is 58.5 Å². The molecule has 0 radical (unpaired) electrons. The van der Waals surface area contributed by atoms with Gasteiger partial charge in [-0.25, -0.2) is 8.42 Å². The number of methoxy groups -OCH3 is 1. The minimum absolute atomic E-state index is 0.147. The molecule has 0 saturated carbocycles. The van der Waals surface area contributed by atoms with E-state index in [1.165, 1.54) is 16.8 Å². The lowest BCUT2D eigenvalue weighted by atomic mass is 10.2. The summed E-state index contributed by atoms with van der Waals surface area (Å²) < 4.78 is 31.6. The zero-order valence-corrected chi connectivity index (χ0v) is 18.2. The van der Waals surface area contributed by atoms with Gasteiger partial charge in [-0.15, -0.1) is 0 Å².